The number of benzene rings is 3. The number of carbonyl (C=O) groups is 1. The third-order valence-corrected chi connectivity index (χ3v) is 5.56. The first-order chi connectivity index (χ1) is 15.4. The molecule has 3 aromatic carbocycles. The number of hydrogen-bond donors (Lipinski definition) is 3. The number of fused-ring (bicyclic) bond motifs is 1. The number of halogens is 2. The van der Waals surface area contributed by atoms with Crippen molar-refractivity contribution in [1.82, 2.24) is 0 Å². The molecule has 4 rings (SSSR count). The number of furan rings is 1. The molecule has 0 aliphatic carbocycles. The van der Waals surface area contributed by atoms with Crippen LogP contribution in [0.2, 0.25) is 10.0 Å². The summed E-state index contributed by atoms with van der Waals surface area (Å²) in [6.07, 6.45) is -1.95. The summed E-state index contributed by atoms with van der Waals surface area (Å²) >= 11 is 12.1. The number of aliphatic hydroxyl groups is 2. The van der Waals surface area contributed by atoms with E-state index < -0.39 is 24.6 Å². The molecule has 0 saturated carbocycles. The number of nitrogens with two attached hydrogens (primary N) is 1. The molecule has 0 aliphatic rings. The molecule has 4 aromatic rings. The van der Waals surface area contributed by atoms with Crippen LogP contribution in [0.5, 0.6) is 5.75 Å². The van der Waals surface area contributed by atoms with Crippen LogP contribution >= 0.6 is 23.2 Å². The summed E-state index contributed by atoms with van der Waals surface area (Å²) in [6.45, 7) is -0.476. The quantitative estimate of drug-likeness (QED) is 0.326. The maximum absolute atomic E-state index is 13.0. The van der Waals surface area contributed by atoms with Crippen molar-refractivity contribution < 1.29 is 24.2 Å². The van der Waals surface area contributed by atoms with Crippen molar-refractivity contribution >= 4 is 45.6 Å². The van der Waals surface area contributed by atoms with Crippen LogP contribution < -0.4 is 10.5 Å². The van der Waals surface area contributed by atoms with Crippen molar-refractivity contribution in [3.63, 3.8) is 0 Å². The average Bonchev–Trinajstić information content (AvgIpc) is 3.13. The van der Waals surface area contributed by atoms with Crippen LogP contribution in [0.1, 0.15) is 27.8 Å². The molecule has 0 amide bonds. The SMILES string of the molecule is Nc1c(C(=O)c2ccc(Cl)cc2Cl)oc2cc(OC(c3ccccc3)[C@@H](O)CO)ccc12. The lowest BCUT2D eigenvalue weighted by Gasteiger charge is -2.23. The van der Waals surface area contributed by atoms with Crippen LogP contribution in [0.3, 0.4) is 0 Å². The Morgan fingerprint density at radius 3 is 2.50 bits per heavy atom. The molecule has 4 N–H and O–H groups in total. The molecule has 164 valence electrons. The van der Waals surface area contributed by atoms with Gasteiger partial charge < -0.3 is 25.1 Å². The second-order valence-corrected chi connectivity index (χ2v) is 8.00. The van der Waals surface area contributed by atoms with E-state index in [1.54, 1.807) is 36.4 Å². The highest BCUT2D eigenvalue weighted by molar-refractivity contribution is 6.37. The number of ketones is 1. The molecule has 0 saturated heterocycles. The molecule has 8 heteroatoms. The van der Waals surface area contributed by atoms with Gasteiger partial charge in [0.05, 0.1) is 17.3 Å². The van der Waals surface area contributed by atoms with E-state index in [0.29, 0.717) is 27.3 Å². The number of ether oxygens (including phenoxy) is 1. The van der Waals surface area contributed by atoms with E-state index in [1.165, 1.54) is 12.1 Å². The molecule has 0 bridgehead atoms. The zero-order valence-corrected chi connectivity index (χ0v) is 18.2. The second-order valence-electron chi connectivity index (χ2n) is 7.16. The molecule has 6 nitrogen and oxygen atoms in total. The molecule has 0 spiro atoms. The molecular weight excluding hydrogens is 453 g/mol. The molecule has 0 aliphatic heterocycles. The number of rotatable bonds is 7. The number of anilines is 1. The summed E-state index contributed by atoms with van der Waals surface area (Å²) in [4.78, 5) is 13.0. The van der Waals surface area contributed by atoms with Gasteiger partial charge in [0.25, 0.3) is 0 Å². The van der Waals surface area contributed by atoms with E-state index in [2.05, 4.69) is 0 Å². The number of nitrogen functional groups attached to an aromatic ring is 1. The normalized spacial score (nSPS) is 13.1. The Hall–Kier alpha value is -3.03. The van der Waals surface area contributed by atoms with Gasteiger partial charge in [0, 0.05) is 22.0 Å². The molecule has 1 heterocycles. The number of carbonyl (C=O) groups excluding carboxylic acids is 1. The van der Waals surface area contributed by atoms with E-state index in [9.17, 15) is 15.0 Å². The lowest BCUT2D eigenvalue weighted by Crippen LogP contribution is -2.27. The fourth-order valence-electron chi connectivity index (χ4n) is 3.39. The van der Waals surface area contributed by atoms with E-state index in [0.717, 1.165) is 0 Å². The summed E-state index contributed by atoms with van der Waals surface area (Å²) in [5, 5.41) is 20.8. The third-order valence-electron chi connectivity index (χ3n) is 5.01. The van der Waals surface area contributed by atoms with E-state index in [1.807, 2.05) is 18.2 Å². The molecule has 1 unspecified atom stereocenters. The summed E-state index contributed by atoms with van der Waals surface area (Å²) in [5.41, 5.74) is 7.59. The summed E-state index contributed by atoms with van der Waals surface area (Å²) < 4.78 is 11.7. The van der Waals surface area contributed by atoms with Crippen LogP contribution in [-0.2, 0) is 0 Å². The summed E-state index contributed by atoms with van der Waals surface area (Å²) in [6, 6.07) is 18.5. The Labute approximate surface area is 193 Å². The van der Waals surface area contributed by atoms with Gasteiger partial charge in [-0.2, -0.15) is 0 Å². The van der Waals surface area contributed by atoms with Crippen molar-refractivity contribution in [2.75, 3.05) is 12.3 Å². The highest BCUT2D eigenvalue weighted by Gasteiger charge is 2.25. The fraction of sp³-hybridized carbons (Fsp3) is 0.125. The molecule has 0 fully saturated rings. The van der Waals surface area contributed by atoms with Gasteiger partial charge in [-0.1, -0.05) is 53.5 Å². The smallest absolute Gasteiger partial charge is 0.231 e. The van der Waals surface area contributed by atoms with Gasteiger partial charge in [0.15, 0.2) is 11.9 Å². The van der Waals surface area contributed by atoms with Crippen LogP contribution in [0, 0.1) is 0 Å². The van der Waals surface area contributed by atoms with Gasteiger partial charge in [-0.15, -0.1) is 0 Å². The van der Waals surface area contributed by atoms with Gasteiger partial charge in [-0.05, 0) is 35.9 Å². The van der Waals surface area contributed by atoms with E-state index in [-0.39, 0.29) is 22.0 Å². The zero-order valence-electron chi connectivity index (χ0n) is 16.7. The minimum absolute atomic E-state index is 0.0450. The Morgan fingerprint density at radius 2 is 1.81 bits per heavy atom. The van der Waals surface area contributed by atoms with Gasteiger partial charge >= 0.3 is 0 Å². The Morgan fingerprint density at radius 1 is 1.06 bits per heavy atom. The van der Waals surface area contributed by atoms with Crippen molar-refractivity contribution in [3.8, 4) is 5.75 Å². The van der Waals surface area contributed by atoms with Crippen molar-refractivity contribution in [3.05, 3.63) is 93.7 Å². The predicted molar refractivity (Wildman–Crippen MR) is 123 cm³/mol. The van der Waals surface area contributed by atoms with Gasteiger partial charge in [0.2, 0.25) is 5.78 Å². The van der Waals surface area contributed by atoms with E-state index >= 15 is 0 Å². The topological polar surface area (TPSA) is 106 Å². The standard InChI is InChI=1S/C24H19Cl2NO5/c25-14-6-8-16(18(26)10-14)22(30)24-21(27)17-9-7-15(11-20(17)32-24)31-23(19(29)12-28)13-4-2-1-3-5-13/h1-11,19,23,28-29H,12,27H2/t19-,23?/m0/s1. The molecule has 0 radical (unpaired) electrons. The maximum atomic E-state index is 13.0. The lowest BCUT2D eigenvalue weighted by atomic mass is 10.0. The van der Waals surface area contributed by atoms with Crippen LogP contribution in [0.4, 0.5) is 5.69 Å². The first-order valence-corrected chi connectivity index (χ1v) is 10.5. The van der Waals surface area contributed by atoms with Crippen molar-refractivity contribution in [2.24, 2.45) is 0 Å². The third kappa shape index (κ3) is 4.31. The van der Waals surface area contributed by atoms with Gasteiger partial charge in [-0.3, -0.25) is 4.79 Å². The highest BCUT2D eigenvalue weighted by atomic mass is 35.5. The minimum atomic E-state index is -1.14. The van der Waals surface area contributed by atoms with Crippen LogP contribution in [0.15, 0.2) is 71.1 Å². The first-order valence-electron chi connectivity index (χ1n) is 9.71. The number of aliphatic hydroxyl groups excluding tert-OH is 2. The fourth-order valence-corrected chi connectivity index (χ4v) is 3.88. The summed E-state index contributed by atoms with van der Waals surface area (Å²) in [5.74, 6) is -0.145. The highest BCUT2D eigenvalue weighted by Crippen LogP contribution is 2.35. The molecular formula is C24H19Cl2NO5. The van der Waals surface area contributed by atoms with Crippen molar-refractivity contribution in [1.29, 1.82) is 0 Å². The van der Waals surface area contributed by atoms with Crippen LogP contribution in [-0.4, -0.2) is 28.7 Å². The maximum Gasteiger partial charge on any atom is 0.231 e. The second kappa shape index (κ2) is 9.22. The lowest BCUT2D eigenvalue weighted by molar-refractivity contribution is -0.00186. The Bertz CT molecular complexity index is 1270. The Balaban J connectivity index is 1.68. The molecule has 1 aromatic heterocycles. The Kier molecular flexibility index (Phi) is 6.39. The molecule has 2 atom stereocenters. The summed E-state index contributed by atoms with van der Waals surface area (Å²) in [7, 11) is 0. The predicted octanol–water partition coefficient (Wildman–Crippen LogP) is 5.03. The van der Waals surface area contributed by atoms with Gasteiger partial charge in [0.1, 0.15) is 17.4 Å². The molecule has 32 heavy (non-hydrogen) atoms. The van der Waals surface area contributed by atoms with Crippen molar-refractivity contribution in [2.45, 2.75) is 12.2 Å². The monoisotopic (exact) mass is 471 g/mol. The minimum Gasteiger partial charge on any atom is -0.483 e. The first kappa shape index (κ1) is 22.2. The van der Waals surface area contributed by atoms with Crippen LogP contribution in [0.25, 0.3) is 11.0 Å². The zero-order chi connectivity index (χ0) is 22.8. The van der Waals surface area contributed by atoms with E-state index in [4.69, 9.17) is 38.1 Å². The number of hydrogen-bond acceptors (Lipinski definition) is 6. The largest absolute Gasteiger partial charge is 0.483 e. The van der Waals surface area contributed by atoms with Gasteiger partial charge in [-0.25, -0.2) is 0 Å². The average molecular weight is 472 g/mol.